The van der Waals surface area contributed by atoms with Crippen LogP contribution in [-0.2, 0) is 15.4 Å². The van der Waals surface area contributed by atoms with Crippen molar-refractivity contribution in [3.8, 4) is 5.75 Å². The van der Waals surface area contributed by atoms with Crippen LogP contribution in [0.15, 0.2) is 12.1 Å². The van der Waals surface area contributed by atoms with Crippen LogP contribution in [0.4, 0.5) is 11.4 Å². The molecule has 5 nitrogen and oxygen atoms in total. The minimum absolute atomic E-state index is 0. The Labute approximate surface area is 121 Å². The number of rotatable bonds is 3. The van der Waals surface area contributed by atoms with E-state index in [1.54, 1.807) is 12.1 Å². The number of methoxy groups -OCH3 is 1. The van der Waals surface area contributed by atoms with Crippen LogP contribution < -0.4 is 15.2 Å². The number of sulfonamides is 1. The third-order valence-corrected chi connectivity index (χ3v) is 3.07. The van der Waals surface area contributed by atoms with Crippen molar-refractivity contribution in [2.75, 3.05) is 23.8 Å². The van der Waals surface area contributed by atoms with Crippen LogP contribution in [0.1, 0.15) is 26.3 Å². The van der Waals surface area contributed by atoms with Crippen molar-refractivity contribution < 1.29 is 13.2 Å². The zero-order valence-electron chi connectivity index (χ0n) is 11.8. The molecule has 0 aliphatic heterocycles. The lowest BCUT2D eigenvalue weighted by atomic mass is 9.86. The van der Waals surface area contributed by atoms with Crippen molar-refractivity contribution in [2.24, 2.45) is 0 Å². The van der Waals surface area contributed by atoms with E-state index in [9.17, 15) is 8.42 Å². The molecular formula is C12H21ClN2O3S. The van der Waals surface area contributed by atoms with Gasteiger partial charge in [-0.05, 0) is 23.1 Å². The van der Waals surface area contributed by atoms with Crippen LogP contribution in [0.5, 0.6) is 5.75 Å². The van der Waals surface area contributed by atoms with Gasteiger partial charge in [0, 0.05) is 0 Å². The van der Waals surface area contributed by atoms with Gasteiger partial charge < -0.3 is 10.5 Å². The Morgan fingerprint density at radius 2 is 1.79 bits per heavy atom. The van der Waals surface area contributed by atoms with E-state index in [-0.39, 0.29) is 17.8 Å². The number of anilines is 2. The molecule has 0 bridgehead atoms. The summed E-state index contributed by atoms with van der Waals surface area (Å²) in [5.74, 6) is 0.341. The number of nitrogen functional groups attached to an aromatic ring is 1. The predicted molar refractivity (Wildman–Crippen MR) is 81.8 cm³/mol. The summed E-state index contributed by atoms with van der Waals surface area (Å²) in [5.41, 5.74) is 7.47. The van der Waals surface area contributed by atoms with Gasteiger partial charge in [0.05, 0.1) is 24.7 Å². The minimum Gasteiger partial charge on any atom is -0.492 e. The summed E-state index contributed by atoms with van der Waals surface area (Å²) >= 11 is 0. The molecule has 0 aliphatic rings. The zero-order valence-corrected chi connectivity index (χ0v) is 13.4. The molecule has 0 aliphatic carbocycles. The normalized spacial score (nSPS) is 11.6. The van der Waals surface area contributed by atoms with Crippen LogP contribution in [0.2, 0.25) is 0 Å². The molecule has 0 unspecified atom stereocenters. The molecule has 0 radical (unpaired) electrons. The van der Waals surface area contributed by atoms with Crippen molar-refractivity contribution in [3.63, 3.8) is 0 Å². The van der Waals surface area contributed by atoms with E-state index in [0.717, 1.165) is 11.8 Å². The summed E-state index contributed by atoms with van der Waals surface area (Å²) in [7, 11) is -1.92. The molecule has 3 N–H and O–H groups in total. The number of hydrogen-bond acceptors (Lipinski definition) is 4. The Morgan fingerprint density at radius 3 is 2.16 bits per heavy atom. The number of hydrogen-bond donors (Lipinski definition) is 2. The monoisotopic (exact) mass is 308 g/mol. The van der Waals surface area contributed by atoms with Gasteiger partial charge >= 0.3 is 0 Å². The Balaban J connectivity index is 0.00000324. The highest BCUT2D eigenvalue weighted by molar-refractivity contribution is 7.92. The second kappa shape index (κ2) is 5.88. The van der Waals surface area contributed by atoms with E-state index in [1.807, 2.05) is 20.8 Å². The fourth-order valence-corrected chi connectivity index (χ4v) is 2.14. The number of nitrogens with one attached hydrogen (secondary N) is 1. The van der Waals surface area contributed by atoms with Crippen LogP contribution in [-0.4, -0.2) is 21.8 Å². The van der Waals surface area contributed by atoms with E-state index in [2.05, 4.69) is 4.72 Å². The number of nitrogens with two attached hydrogens (primary N) is 1. The first-order valence-corrected chi connectivity index (χ1v) is 7.39. The lowest BCUT2D eigenvalue weighted by Crippen LogP contribution is -2.15. The molecule has 1 rings (SSSR count). The largest absolute Gasteiger partial charge is 0.492 e. The van der Waals surface area contributed by atoms with Crippen LogP contribution in [0, 0.1) is 0 Å². The van der Waals surface area contributed by atoms with Crippen molar-refractivity contribution in [2.45, 2.75) is 26.2 Å². The fraction of sp³-hybridized carbons (Fsp3) is 0.500. The topological polar surface area (TPSA) is 81.4 Å². The lowest BCUT2D eigenvalue weighted by molar-refractivity contribution is 0.418. The first-order chi connectivity index (χ1) is 8.04. The van der Waals surface area contributed by atoms with Crippen LogP contribution in [0.3, 0.4) is 0 Å². The minimum atomic E-state index is -3.37. The molecule has 19 heavy (non-hydrogen) atoms. The Hall–Kier alpha value is -1.14. The molecule has 0 atom stereocenters. The lowest BCUT2D eigenvalue weighted by Gasteiger charge is -2.22. The van der Waals surface area contributed by atoms with Crippen molar-refractivity contribution in [1.29, 1.82) is 0 Å². The molecule has 1 aromatic rings. The first kappa shape index (κ1) is 17.9. The molecular weight excluding hydrogens is 288 g/mol. The number of benzene rings is 1. The SMILES string of the molecule is COc1c(N)cc(C(C)(C)C)cc1NS(C)(=O)=O.Cl. The molecule has 0 saturated heterocycles. The van der Waals surface area contributed by atoms with Crippen molar-refractivity contribution >= 4 is 33.8 Å². The van der Waals surface area contributed by atoms with E-state index < -0.39 is 10.0 Å². The van der Waals surface area contributed by atoms with Gasteiger partial charge in [-0.25, -0.2) is 8.42 Å². The zero-order chi connectivity index (χ0) is 14.1. The third kappa shape index (κ3) is 4.80. The number of halogens is 1. The molecule has 1 aromatic carbocycles. The molecule has 0 amide bonds. The number of ether oxygens (including phenoxy) is 1. The van der Waals surface area contributed by atoms with Gasteiger partial charge in [0.25, 0.3) is 0 Å². The van der Waals surface area contributed by atoms with E-state index in [1.165, 1.54) is 7.11 Å². The Kier molecular flexibility index (Phi) is 5.53. The van der Waals surface area contributed by atoms with Crippen LogP contribution >= 0.6 is 12.4 Å². The smallest absolute Gasteiger partial charge is 0.229 e. The van der Waals surface area contributed by atoms with Gasteiger partial charge in [-0.3, -0.25) is 4.72 Å². The first-order valence-electron chi connectivity index (χ1n) is 5.50. The highest BCUT2D eigenvalue weighted by Gasteiger charge is 2.19. The summed E-state index contributed by atoms with van der Waals surface area (Å²) in [4.78, 5) is 0. The molecule has 0 saturated carbocycles. The second-order valence-corrected chi connectivity index (χ2v) is 7.02. The van der Waals surface area contributed by atoms with E-state index in [4.69, 9.17) is 10.5 Å². The van der Waals surface area contributed by atoms with Gasteiger partial charge in [0.2, 0.25) is 10.0 Å². The highest BCUT2D eigenvalue weighted by atomic mass is 35.5. The maximum absolute atomic E-state index is 11.3. The molecule has 0 spiro atoms. The summed E-state index contributed by atoms with van der Waals surface area (Å²) in [6.45, 7) is 6.08. The Morgan fingerprint density at radius 1 is 1.26 bits per heavy atom. The summed E-state index contributed by atoms with van der Waals surface area (Å²) in [6.07, 6.45) is 1.09. The molecule has 0 heterocycles. The second-order valence-electron chi connectivity index (χ2n) is 5.27. The molecule has 110 valence electrons. The predicted octanol–water partition coefficient (Wildman–Crippen LogP) is 2.37. The van der Waals surface area contributed by atoms with E-state index >= 15 is 0 Å². The third-order valence-electron chi connectivity index (χ3n) is 2.48. The quantitative estimate of drug-likeness (QED) is 0.840. The summed E-state index contributed by atoms with van der Waals surface area (Å²) < 4.78 is 30.2. The summed E-state index contributed by atoms with van der Waals surface area (Å²) in [6, 6.07) is 3.54. The van der Waals surface area contributed by atoms with Crippen molar-refractivity contribution in [1.82, 2.24) is 0 Å². The van der Waals surface area contributed by atoms with Gasteiger partial charge in [-0.15, -0.1) is 12.4 Å². The fourth-order valence-electron chi connectivity index (χ4n) is 1.59. The van der Waals surface area contributed by atoms with E-state index in [0.29, 0.717) is 17.1 Å². The van der Waals surface area contributed by atoms with Crippen LogP contribution in [0.25, 0.3) is 0 Å². The average molecular weight is 309 g/mol. The standard InChI is InChI=1S/C12H20N2O3S.ClH/c1-12(2,3)8-6-9(13)11(17-4)10(7-8)14-18(5,15)16;/h6-7,14H,13H2,1-5H3;1H. The van der Waals surface area contributed by atoms with Crippen molar-refractivity contribution in [3.05, 3.63) is 17.7 Å². The Bertz CT molecular complexity index is 551. The molecule has 7 heteroatoms. The maximum Gasteiger partial charge on any atom is 0.229 e. The van der Waals surface area contributed by atoms with Gasteiger partial charge in [0.1, 0.15) is 0 Å². The van der Waals surface area contributed by atoms with Gasteiger partial charge in [0.15, 0.2) is 5.75 Å². The molecule has 0 fully saturated rings. The van der Waals surface area contributed by atoms with Gasteiger partial charge in [-0.2, -0.15) is 0 Å². The van der Waals surface area contributed by atoms with Gasteiger partial charge in [-0.1, -0.05) is 20.8 Å². The molecule has 0 aromatic heterocycles. The highest BCUT2D eigenvalue weighted by Crippen LogP contribution is 2.37. The maximum atomic E-state index is 11.3. The summed E-state index contributed by atoms with van der Waals surface area (Å²) in [5, 5.41) is 0. The average Bonchev–Trinajstić information content (AvgIpc) is 2.13.